The van der Waals surface area contributed by atoms with Gasteiger partial charge >= 0.3 is 5.69 Å². The molecule has 2 aromatic carbocycles. The number of aromatic nitrogens is 3. The molecule has 0 unspecified atom stereocenters. The van der Waals surface area contributed by atoms with E-state index < -0.39 is 5.69 Å². The minimum atomic E-state index is -0.425. The Labute approximate surface area is 137 Å². The van der Waals surface area contributed by atoms with Crippen molar-refractivity contribution in [3.63, 3.8) is 0 Å². The maximum Gasteiger partial charge on any atom is 0.356 e. The maximum absolute atomic E-state index is 12.1. The van der Waals surface area contributed by atoms with Gasteiger partial charge in [0.25, 0.3) is 0 Å². The minimum Gasteiger partial charge on any atom is -0.289 e. The molecule has 23 heavy (non-hydrogen) atoms. The van der Waals surface area contributed by atoms with Crippen LogP contribution >= 0.6 is 11.6 Å². The highest BCUT2D eigenvalue weighted by atomic mass is 35.5. The fourth-order valence-corrected chi connectivity index (χ4v) is 2.12. The Morgan fingerprint density at radius 3 is 2.48 bits per heavy atom. The van der Waals surface area contributed by atoms with Crippen molar-refractivity contribution in [1.82, 2.24) is 20.0 Å². The second kappa shape index (κ2) is 7.04. The Balaban J connectivity index is 1.67. The molecular weight excluding hydrogens is 314 g/mol. The van der Waals surface area contributed by atoms with Crippen LogP contribution in [0.4, 0.5) is 5.95 Å². The Hall–Kier alpha value is -2.70. The van der Waals surface area contributed by atoms with Gasteiger partial charge in [-0.05, 0) is 29.8 Å². The largest absolute Gasteiger partial charge is 0.356 e. The van der Waals surface area contributed by atoms with Crippen LogP contribution in [-0.2, 0) is 6.54 Å². The fourth-order valence-electron chi connectivity index (χ4n) is 2.00. The number of hydrazine groups is 1. The zero-order valence-electron chi connectivity index (χ0n) is 12.1. The first kappa shape index (κ1) is 15.2. The average molecular weight is 328 g/mol. The average Bonchev–Trinajstić information content (AvgIpc) is 2.57. The highest BCUT2D eigenvalue weighted by Gasteiger charge is 2.03. The molecule has 2 N–H and O–H groups in total. The third kappa shape index (κ3) is 3.94. The summed E-state index contributed by atoms with van der Waals surface area (Å²) in [5.74, 6) is 0.219. The van der Waals surface area contributed by atoms with Crippen LogP contribution in [0.2, 0.25) is 5.02 Å². The smallest absolute Gasteiger partial charge is 0.289 e. The molecule has 116 valence electrons. The van der Waals surface area contributed by atoms with Crippen molar-refractivity contribution in [3.8, 4) is 5.69 Å². The molecule has 0 saturated carbocycles. The molecule has 0 atom stereocenters. The molecule has 3 rings (SSSR count). The van der Waals surface area contributed by atoms with Crippen LogP contribution < -0.4 is 16.5 Å². The fraction of sp³-hybridized carbons (Fsp3) is 0.0625. The molecule has 0 saturated heterocycles. The van der Waals surface area contributed by atoms with Crippen molar-refractivity contribution >= 4 is 17.5 Å². The van der Waals surface area contributed by atoms with Gasteiger partial charge in [-0.1, -0.05) is 41.9 Å². The molecule has 0 spiro atoms. The molecule has 0 aliphatic carbocycles. The topological polar surface area (TPSA) is 71.8 Å². The van der Waals surface area contributed by atoms with Crippen LogP contribution in [0.15, 0.2) is 65.7 Å². The normalized spacial score (nSPS) is 10.5. The number of benzene rings is 2. The van der Waals surface area contributed by atoms with E-state index in [9.17, 15) is 4.79 Å². The van der Waals surface area contributed by atoms with Crippen LogP contribution in [0.1, 0.15) is 5.56 Å². The van der Waals surface area contributed by atoms with Crippen LogP contribution in [0, 0.1) is 0 Å². The van der Waals surface area contributed by atoms with Gasteiger partial charge in [0.2, 0.25) is 5.95 Å². The van der Waals surface area contributed by atoms with Crippen LogP contribution in [-0.4, -0.2) is 14.5 Å². The Morgan fingerprint density at radius 1 is 1.04 bits per heavy atom. The summed E-state index contributed by atoms with van der Waals surface area (Å²) < 4.78 is 1.35. The number of rotatable bonds is 5. The van der Waals surface area contributed by atoms with Crippen molar-refractivity contribution in [2.75, 3.05) is 5.43 Å². The maximum atomic E-state index is 12.1. The highest BCUT2D eigenvalue weighted by molar-refractivity contribution is 6.30. The van der Waals surface area contributed by atoms with Gasteiger partial charge in [-0.2, -0.15) is 4.98 Å². The van der Waals surface area contributed by atoms with E-state index in [0.29, 0.717) is 17.3 Å². The summed E-state index contributed by atoms with van der Waals surface area (Å²) in [5.41, 5.74) is 7.12. The van der Waals surface area contributed by atoms with Crippen LogP contribution in [0.5, 0.6) is 0 Å². The van der Waals surface area contributed by atoms with Gasteiger partial charge in [0.1, 0.15) is 6.33 Å². The van der Waals surface area contributed by atoms with Crippen molar-refractivity contribution in [3.05, 3.63) is 82.0 Å². The summed E-state index contributed by atoms with van der Waals surface area (Å²) >= 11 is 5.83. The molecule has 7 heteroatoms. The number of hydrogen-bond acceptors (Lipinski definition) is 5. The number of anilines is 1. The first-order valence-electron chi connectivity index (χ1n) is 6.97. The third-order valence-corrected chi connectivity index (χ3v) is 3.40. The lowest BCUT2D eigenvalue weighted by Gasteiger charge is -2.08. The summed E-state index contributed by atoms with van der Waals surface area (Å²) in [7, 11) is 0. The van der Waals surface area contributed by atoms with Crippen molar-refractivity contribution in [2.45, 2.75) is 6.54 Å². The van der Waals surface area contributed by atoms with Gasteiger partial charge in [0, 0.05) is 11.6 Å². The third-order valence-electron chi connectivity index (χ3n) is 3.14. The molecule has 1 aromatic heterocycles. The van der Waals surface area contributed by atoms with Gasteiger partial charge in [-0.25, -0.2) is 15.2 Å². The predicted octanol–water partition coefficient (Wildman–Crippen LogP) is 2.40. The van der Waals surface area contributed by atoms with E-state index in [1.54, 1.807) is 24.3 Å². The molecule has 6 nitrogen and oxygen atoms in total. The number of nitrogens with zero attached hydrogens (tertiary/aromatic N) is 3. The summed E-state index contributed by atoms with van der Waals surface area (Å²) in [6, 6.07) is 16.7. The Bertz CT molecular complexity index is 833. The number of hydrogen-bond donors (Lipinski definition) is 2. The van der Waals surface area contributed by atoms with Crippen molar-refractivity contribution < 1.29 is 0 Å². The van der Waals surface area contributed by atoms with E-state index in [-0.39, 0.29) is 5.95 Å². The molecule has 0 fully saturated rings. The zero-order valence-corrected chi connectivity index (χ0v) is 12.9. The van der Waals surface area contributed by atoms with Gasteiger partial charge in [0.15, 0.2) is 0 Å². The van der Waals surface area contributed by atoms with Crippen LogP contribution in [0.25, 0.3) is 5.69 Å². The van der Waals surface area contributed by atoms with Crippen molar-refractivity contribution in [1.29, 1.82) is 0 Å². The molecule has 0 aliphatic rings. The second-order valence-electron chi connectivity index (χ2n) is 4.77. The van der Waals surface area contributed by atoms with E-state index in [1.807, 2.05) is 30.3 Å². The van der Waals surface area contributed by atoms with Crippen LogP contribution in [0.3, 0.4) is 0 Å². The lowest BCUT2D eigenvalue weighted by molar-refractivity contribution is 0.767. The summed E-state index contributed by atoms with van der Waals surface area (Å²) in [5, 5.41) is 0.603. The van der Waals surface area contributed by atoms with E-state index in [0.717, 1.165) is 5.56 Å². The summed E-state index contributed by atoms with van der Waals surface area (Å²) in [4.78, 5) is 20.1. The monoisotopic (exact) mass is 327 g/mol. The highest BCUT2D eigenvalue weighted by Crippen LogP contribution is 2.11. The zero-order chi connectivity index (χ0) is 16.1. The molecule has 0 bridgehead atoms. The first-order chi connectivity index (χ1) is 11.2. The molecule has 0 aliphatic heterocycles. The van der Waals surface area contributed by atoms with Crippen molar-refractivity contribution in [2.24, 2.45) is 0 Å². The van der Waals surface area contributed by atoms with E-state index >= 15 is 0 Å². The van der Waals surface area contributed by atoms with E-state index in [2.05, 4.69) is 20.8 Å². The predicted molar refractivity (Wildman–Crippen MR) is 89.5 cm³/mol. The second-order valence-corrected chi connectivity index (χ2v) is 5.21. The molecular formula is C16H14ClN5O. The SMILES string of the molecule is O=c1nc(NNCc2ccccc2)ncn1-c1ccc(Cl)cc1. The van der Waals surface area contributed by atoms with Gasteiger partial charge in [-0.15, -0.1) is 0 Å². The van der Waals surface area contributed by atoms with E-state index in [4.69, 9.17) is 11.6 Å². The molecule has 0 radical (unpaired) electrons. The lowest BCUT2D eigenvalue weighted by atomic mass is 10.2. The summed E-state index contributed by atoms with van der Waals surface area (Å²) in [6.07, 6.45) is 1.42. The minimum absolute atomic E-state index is 0.219. The quantitative estimate of drug-likeness (QED) is 0.704. The number of nitrogens with one attached hydrogen (secondary N) is 2. The summed E-state index contributed by atoms with van der Waals surface area (Å²) in [6.45, 7) is 0.588. The lowest BCUT2D eigenvalue weighted by Crippen LogP contribution is -2.28. The van der Waals surface area contributed by atoms with E-state index in [1.165, 1.54) is 10.9 Å². The van der Waals surface area contributed by atoms with Gasteiger partial charge in [-0.3, -0.25) is 9.99 Å². The number of halogens is 1. The Kier molecular flexibility index (Phi) is 4.65. The molecule has 1 heterocycles. The van der Waals surface area contributed by atoms with Gasteiger partial charge < -0.3 is 0 Å². The standard InChI is InChI=1S/C16H14ClN5O/c17-13-6-8-14(9-7-13)22-11-18-15(20-16(22)23)21-19-10-12-4-2-1-3-5-12/h1-9,11,19H,10H2,(H,20,21,23). The molecule has 3 aromatic rings. The first-order valence-corrected chi connectivity index (χ1v) is 7.34. The molecule has 0 amide bonds. The van der Waals surface area contributed by atoms with Gasteiger partial charge in [0.05, 0.1) is 5.69 Å². The Morgan fingerprint density at radius 2 is 1.78 bits per heavy atom.